The Bertz CT molecular complexity index is 1980. The number of aliphatic hydroxyl groups is 1. The van der Waals surface area contributed by atoms with Crippen LogP contribution in [-0.4, -0.2) is 66.6 Å². The van der Waals surface area contributed by atoms with Gasteiger partial charge in [-0.1, -0.05) is 29.8 Å². The van der Waals surface area contributed by atoms with Crippen molar-refractivity contribution in [1.29, 1.82) is 0 Å². The van der Waals surface area contributed by atoms with Gasteiger partial charge in [-0.15, -0.1) is 0 Å². The van der Waals surface area contributed by atoms with Crippen LogP contribution < -0.4 is 10.1 Å². The molecule has 0 saturated heterocycles. The third-order valence-electron chi connectivity index (χ3n) is 8.24. The number of pyridine rings is 1. The van der Waals surface area contributed by atoms with Gasteiger partial charge >= 0.3 is 0 Å². The van der Waals surface area contributed by atoms with Crippen LogP contribution in [0.1, 0.15) is 34.0 Å². The first-order valence-electron chi connectivity index (χ1n) is 14.8. The summed E-state index contributed by atoms with van der Waals surface area (Å²) in [5.74, 6) is 0.608. The van der Waals surface area contributed by atoms with E-state index in [4.69, 9.17) is 9.72 Å². The number of fused-ring (bicyclic) bond motifs is 2. The van der Waals surface area contributed by atoms with Crippen molar-refractivity contribution in [3.8, 4) is 28.0 Å². The van der Waals surface area contributed by atoms with Crippen LogP contribution in [-0.2, 0) is 23.0 Å². The van der Waals surface area contributed by atoms with E-state index in [1.165, 1.54) is 14.4 Å². The fraction of sp³-hybridized carbons (Fsp3) is 0.257. The number of ether oxygens (including phenoxy) is 1. The van der Waals surface area contributed by atoms with E-state index in [0.717, 1.165) is 53.1 Å². The molecule has 0 saturated carbocycles. The van der Waals surface area contributed by atoms with Crippen LogP contribution in [0.3, 0.4) is 0 Å². The molecule has 1 atom stereocenters. The van der Waals surface area contributed by atoms with E-state index in [-0.39, 0.29) is 17.3 Å². The Kier molecular flexibility index (Phi) is 8.22. The molecule has 3 aromatic carbocycles. The highest BCUT2D eigenvalue weighted by Crippen LogP contribution is 2.37. The van der Waals surface area contributed by atoms with Crippen molar-refractivity contribution in [2.45, 2.75) is 37.8 Å². The lowest BCUT2D eigenvalue weighted by molar-refractivity contribution is 0.0703. The highest BCUT2D eigenvalue weighted by Gasteiger charge is 2.24. The summed E-state index contributed by atoms with van der Waals surface area (Å²) in [7, 11) is -0.654. The second-order valence-electron chi connectivity index (χ2n) is 11.6. The predicted octanol–water partition coefficient (Wildman–Crippen LogP) is 5.02. The number of amides is 1. The van der Waals surface area contributed by atoms with Crippen LogP contribution in [0.25, 0.3) is 33.3 Å². The number of aryl methyl sites for hydroxylation is 1. The van der Waals surface area contributed by atoms with Crippen LogP contribution in [0.5, 0.6) is 5.75 Å². The average molecular weight is 625 g/mol. The second kappa shape index (κ2) is 12.1. The number of carbonyl (C=O) groups is 1. The van der Waals surface area contributed by atoms with E-state index in [1.54, 1.807) is 82.0 Å². The molecule has 1 unspecified atom stereocenters. The Balaban J connectivity index is 1.50. The van der Waals surface area contributed by atoms with E-state index >= 15 is 0 Å². The van der Waals surface area contributed by atoms with E-state index in [9.17, 15) is 18.3 Å². The summed E-state index contributed by atoms with van der Waals surface area (Å²) in [5.41, 5.74) is 7.23. The minimum atomic E-state index is -3.97. The predicted molar refractivity (Wildman–Crippen MR) is 175 cm³/mol. The third-order valence-corrected chi connectivity index (χ3v) is 9.90. The van der Waals surface area contributed by atoms with Gasteiger partial charge in [0.15, 0.2) is 5.65 Å². The van der Waals surface area contributed by atoms with Crippen LogP contribution in [0.4, 0.5) is 0 Å². The summed E-state index contributed by atoms with van der Waals surface area (Å²) in [6, 6.07) is 19.9. The van der Waals surface area contributed by atoms with Crippen molar-refractivity contribution in [2.24, 2.45) is 0 Å². The van der Waals surface area contributed by atoms with Gasteiger partial charge in [0.25, 0.3) is 15.9 Å². The smallest absolute Gasteiger partial charge is 0.269 e. The zero-order chi connectivity index (χ0) is 31.9. The zero-order valence-electron chi connectivity index (χ0n) is 25.7. The number of nitrogens with zero attached hydrogens (tertiary/aromatic N) is 3. The molecule has 1 aliphatic heterocycles. The molecule has 0 radical (unpaired) electrons. The van der Waals surface area contributed by atoms with Crippen LogP contribution in [0.15, 0.2) is 84.0 Å². The van der Waals surface area contributed by atoms with Gasteiger partial charge in [0.05, 0.1) is 18.1 Å². The summed E-state index contributed by atoms with van der Waals surface area (Å²) in [5, 5.41) is 13.8. The standard InChI is InChI=1S/C35H36N4O5S/c1-22-5-11-29(12-6-22)45(42,43)39-21-32(24-7-9-25(10-8-24)35(41)38(3)20-23(2)40)31-16-27(19-37-34(31)39)26-15-28-18-36-14-13-30(28)33(17-26)44-4/h5-12,15-17,19,21,23,36,40H,13-14,18,20H2,1-4H3. The lowest BCUT2D eigenvalue weighted by atomic mass is 9.94. The molecule has 45 heavy (non-hydrogen) atoms. The van der Waals surface area contributed by atoms with Gasteiger partial charge in [0.1, 0.15) is 5.75 Å². The molecule has 0 bridgehead atoms. The third kappa shape index (κ3) is 5.84. The fourth-order valence-corrected chi connectivity index (χ4v) is 7.22. The minimum absolute atomic E-state index is 0.163. The molecule has 0 fully saturated rings. The van der Waals surface area contributed by atoms with Crippen molar-refractivity contribution in [3.05, 3.63) is 101 Å². The first-order valence-corrected chi connectivity index (χ1v) is 16.3. The van der Waals surface area contributed by atoms with Crippen molar-refractivity contribution in [1.82, 2.24) is 19.2 Å². The number of rotatable bonds is 8. The Hall–Kier alpha value is -4.51. The number of methoxy groups -OCH3 is 1. The maximum absolute atomic E-state index is 13.9. The monoisotopic (exact) mass is 624 g/mol. The zero-order valence-corrected chi connectivity index (χ0v) is 26.6. The summed E-state index contributed by atoms with van der Waals surface area (Å²) in [4.78, 5) is 19.3. The second-order valence-corrected chi connectivity index (χ2v) is 13.4. The summed E-state index contributed by atoms with van der Waals surface area (Å²) in [6.45, 7) is 5.38. The van der Waals surface area contributed by atoms with Gasteiger partial charge < -0.3 is 20.1 Å². The Morgan fingerprint density at radius 2 is 1.80 bits per heavy atom. The summed E-state index contributed by atoms with van der Waals surface area (Å²) in [6.07, 6.45) is 3.54. The van der Waals surface area contributed by atoms with Crippen molar-refractivity contribution < 1.29 is 23.1 Å². The first-order chi connectivity index (χ1) is 21.6. The maximum atomic E-state index is 13.9. The van der Waals surface area contributed by atoms with Gasteiger partial charge in [-0.3, -0.25) is 4.79 Å². The summed E-state index contributed by atoms with van der Waals surface area (Å²) < 4.78 is 34.9. The topological polar surface area (TPSA) is 114 Å². The molecule has 5 aromatic rings. The molecule has 2 aromatic heterocycles. The lowest BCUT2D eigenvalue weighted by Crippen LogP contribution is -2.32. The lowest BCUT2D eigenvalue weighted by Gasteiger charge is -2.21. The molecule has 3 heterocycles. The highest BCUT2D eigenvalue weighted by atomic mass is 32.2. The number of aliphatic hydroxyl groups excluding tert-OH is 1. The number of nitrogens with one attached hydrogen (secondary N) is 1. The van der Waals surface area contributed by atoms with Gasteiger partial charge in [-0.25, -0.2) is 17.4 Å². The van der Waals surface area contributed by atoms with Crippen molar-refractivity contribution in [3.63, 3.8) is 0 Å². The molecule has 9 nitrogen and oxygen atoms in total. The minimum Gasteiger partial charge on any atom is -0.496 e. The van der Waals surface area contributed by atoms with Gasteiger partial charge in [0, 0.05) is 54.6 Å². The van der Waals surface area contributed by atoms with Crippen molar-refractivity contribution in [2.75, 3.05) is 27.2 Å². The van der Waals surface area contributed by atoms with Gasteiger partial charge in [-0.05, 0) is 91.5 Å². The number of hydrogen-bond acceptors (Lipinski definition) is 7. The molecule has 0 spiro atoms. The maximum Gasteiger partial charge on any atom is 0.269 e. The number of likely N-dealkylation sites (N-methyl/N-ethyl adjacent to an activating group) is 1. The molecular formula is C35H36N4O5S. The Morgan fingerprint density at radius 1 is 1.07 bits per heavy atom. The van der Waals surface area contributed by atoms with Crippen molar-refractivity contribution >= 4 is 27.0 Å². The molecule has 0 aliphatic carbocycles. The van der Waals surface area contributed by atoms with Crippen LogP contribution in [0.2, 0.25) is 0 Å². The van der Waals surface area contributed by atoms with E-state index in [1.807, 2.05) is 19.1 Å². The highest BCUT2D eigenvalue weighted by molar-refractivity contribution is 7.90. The largest absolute Gasteiger partial charge is 0.496 e. The van der Waals surface area contributed by atoms with Crippen LogP contribution in [0, 0.1) is 6.92 Å². The molecule has 2 N–H and O–H groups in total. The average Bonchev–Trinajstić information content (AvgIpc) is 3.43. The molecule has 1 aliphatic rings. The quantitative estimate of drug-likeness (QED) is 0.249. The molecule has 6 rings (SSSR count). The fourth-order valence-electron chi connectivity index (χ4n) is 5.90. The number of benzene rings is 3. The molecule has 1 amide bonds. The van der Waals surface area contributed by atoms with E-state index < -0.39 is 16.1 Å². The number of aromatic nitrogens is 2. The number of carbonyl (C=O) groups excluding carboxylic acids is 1. The van der Waals surface area contributed by atoms with Gasteiger partial charge in [-0.2, -0.15) is 0 Å². The van der Waals surface area contributed by atoms with E-state index in [0.29, 0.717) is 22.2 Å². The Morgan fingerprint density at radius 3 is 2.49 bits per heavy atom. The SMILES string of the molecule is COc1cc(-c2cnc3c(c2)c(-c2ccc(C(=O)N(C)CC(C)O)cc2)cn3S(=O)(=O)c2ccc(C)cc2)cc2c1CCNC2. The normalized spacial score (nSPS) is 13.8. The number of hydrogen-bond donors (Lipinski definition) is 2. The molecular weight excluding hydrogens is 588 g/mol. The molecule has 232 valence electrons. The molecule has 10 heteroatoms. The van der Waals surface area contributed by atoms with E-state index in [2.05, 4.69) is 11.4 Å². The first kappa shape index (κ1) is 30.5. The van der Waals surface area contributed by atoms with Gasteiger partial charge in [0.2, 0.25) is 0 Å². The van der Waals surface area contributed by atoms with Crippen LogP contribution >= 0.6 is 0 Å². The Labute approximate surface area is 263 Å². The summed E-state index contributed by atoms with van der Waals surface area (Å²) >= 11 is 0.